The topological polar surface area (TPSA) is 284 Å². The maximum Gasteiger partial charge on any atom is 0.343 e. The van der Waals surface area contributed by atoms with Gasteiger partial charge in [-0.3, -0.25) is 24.0 Å². The zero-order valence-electron chi connectivity index (χ0n) is 39.3. The third-order valence-electron chi connectivity index (χ3n) is 12.2. The number of unbranched alkanes of at least 4 members (excludes halogenated alkanes) is 2. The van der Waals surface area contributed by atoms with Gasteiger partial charge in [0.15, 0.2) is 5.60 Å². The van der Waals surface area contributed by atoms with Crippen LogP contribution in [0.15, 0.2) is 40.5 Å². The molecule has 0 saturated heterocycles. The number of pyridine rings is 2. The van der Waals surface area contributed by atoms with Gasteiger partial charge in [0.05, 0.1) is 47.2 Å². The standard InChI is InChI=1S/C48H58FN9O10S/c1-6-48(65)34-20-38-42-32(25-58(38)45(63)33(34)26-68-46(48)64)30(31-19-28(4)35(49)21-37(31)56-42)14-12-18-51-40(60)24-53-43(61)36(50)15-10-11-17-52-44(62)41(27(2)3)57-39(59)16-9-7-8-13-29-22-54-47(55-23-29)69(5,66)67/h19-23,27,36,41,65H,6-7,9-12,14-18,24-26,50H2,1-5H3,(H,51,60)(H,52,62)(H,53,61)(H,57,59)/t36?,41?,48-/m0/s1. The van der Waals surface area contributed by atoms with Crippen molar-refractivity contribution in [2.45, 2.75) is 121 Å². The first-order valence-electron chi connectivity index (χ1n) is 22.9. The summed E-state index contributed by atoms with van der Waals surface area (Å²) in [4.78, 5) is 89.8. The Morgan fingerprint density at radius 1 is 0.986 bits per heavy atom. The van der Waals surface area contributed by atoms with Gasteiger partial charge in [0, 0.05) is 67.2 Å². The summed E-state index contributed by atoms with van der Waals surface area (Å²) in [6, 6.07) is 3.00. The minimum absolute atomic E-state index is 0.0107. The number of aliphatic hydroxyl groups is 1. The molecular formula is C48H58FN9O10S. The number of amides is 4. The van der Waals surface area contributed by atoms with Crippen LogP contribution in [0.2, 0.25) is 0 Å². The minimum Gasteiger partial charge on any atom is -0.458 e. The van der Waals surface area contributed by atoms with Crippen LogP contribution in [0.3, 0.4) is 0 Å². The fraction of sp³-hybridized carbons (Fsp3) is 0.479. The molecule has 3 aromatic heterocycles. The van der Waals surface area contributed by atoms with Gasteiger partial charge in [0.1, 0.15) is 18.5 Å². The lowest BCUT2D eigenvalue weighted by Crippen LogP contribution is -2.49. The first-order valence-corrected chi connectivity index (χ1v) is 24.8. The molecule has 2 aliphatic rings. The second-order valence-corrected chi connectivity index (χ2v) is 19.6. The minimum atomic E-state index is -3.51. The Bertz CT molecular complexity index is 2900. The van der Waals surface area contributed by atoms with Crippen molar-refractivity contribution in [1.82, 2.24) is 40.8 Å². The zero-order valence-corrected chi connectivity index (χ0v) is 40.1. The van der Waals surface area contributed by atoms with Gasteiger partial charge in [-0.2, -0.15) is 0 Å². The van der Waals surface area contributed by atoms with E-state index in [1.807, 2.05) is 13.8 Å². The smallest absolute Gasteiger partial charge is 0.343 e. The van der Waals surface area contributed by atoms with E-state index in [9.17, 15) is 46.7 Å². The molecule has 3 atom stereocenters. The molecule has 0 fully saturated rings. The molecule has 0 aliphatic carbocycles. The molecule has 1 aromatic carbocycles. The Morgan fingerprint density at radius 2 is 1.71 bits per heavy atom. The van der Waals surface area contributed by atoms with Crippen LogP contribution in [-0.4, -0.2) is 101 Å². The van der Waals surface area contributed by atoms with Gasteiger partial charge in [-0.1, -0.05) is 32.6 Å². The van der Waals surface area contributed by atoms with E-state index in [0.717, 1.165) is 17.4 Å². The van der Waals surface area contributed by atoms with Crippen molar-refractivity contribution in [3.63, 3.8) is 0 Å². The number of benzene rings is 1. The molecular weight excluding hydrogens is 914 g/mol. The lowest BCUT2D eigenvalue weighted by atomic mass is 9.86. The quantitative estimate of drug-likeness (QED) is 0.0281. The fourth-order valence-electron chi connectivity index (χ4n) is 8.23. The van der Waals surface area contributed by atoms with Crippen molar-refractivity contribution in [3.05, 3.63) is 80.1 Å². The van der Waals surface area contributed by atoms with E-state index in [4.69, 9.17) is 15.5 Å². The average molecular weight is 972 g/mol. The highest BCUT2D eigenvalue weighted by atomic mass is 32.2. The summed E-state index contributed by atoms with van der Waals surface area (Å²) < 4.78 is 44.6. The molecule has 5 heterocycles. The number of ether oxygens (including phenoxy) is 1. The van der Waals surface area contributed by atoms with E-state index in [-0.39, 0.29) is 73.1 Å². The highest BCUT2D eigenvalue weighted by Gasteiger charge is 2.45. The summed E-state index contributed by atoms with van der Waals surface area (Å²) in [6.45, 7) is 7.01. The molecule has 69 heavy (non-hydrogen) atoms. The third-order valence-corrected chi connectivity index (χ3v) is 13.1. The molecule has 0 bridgehead atoms. The third kappa shape index (κ3) is 12.2. The molecule has 0 radical (unpaired) electrons. The van der Waals surface area contributed by atoms with Crippen molar-refractivity contribution in [2.75, 3.05) is 25.9 Å². The lowest BCUT2D eigenvalue weighted by Gasteiger charge is -2.31. The summed E-state index contributed by atoms with van der Waals surface area (Å²) in [7, 11) is -3.51. The van der Waals surface area contributed by atoms with Crippen LogP contribution in [0, 0.1) is 30.5 Å². The second-order valence-electron chi connectivity index (χ2n) is 17.7. The number of nitrogens with one attached hydrogen (secondary N) is 4. The van der Waals surface area contributed by atoms with Gasteiger partial charge < -0.3 is 41.4 Å². The van der Waals surface area contributed by atoms with Crippen molar-refractivity contribution in [3.8, 4) is 23.2 Å². The van der Waals surface area contributed by atoms with Crippen LogP contribution >= 0.6 is 0 Å². The summed E-state index contributed by atoms with van der Waals surface area (Å²) >= 11 is 0. The van der Waals surface area contributed by atoms with Gasteiger partial charge in [-0.25, -0.2) is 32.6 Å². The second kappa shape index (κ2) is 22.2. The highest BCUT2D eigenvalue weighted by Crippen LogP contribution is 2.41. The van der Waals surface area contributed by atoms with Gasteiger partial charge in [0.2, 0.25) is 38.6 Å². The Hall–Kier alpha value is -6.63. The van der Waals surface area contributed by atoms with Crippen molar-refractivity contribution in [1.29, 1.82) is 0 Å². The zero-order chi connectivity index (χ0) is 50.2. The molecule has 7 N–H and O–H groups in total. The number of aryl methyl sites for hydroxylation is 2. The molecule has 21 heteroatoms. The van der Waals surface area contributed by atoms with Gasteiger partial charge in [0.25, 0.3) is 5.56 Å². The number of aromatic nitrogens is 4. The van der Waals surface area contributed by atoms with Crippen LogP contribution < -0.4 is 32.6 Å². The summed E-state index contributed by atoms with van der Waals surface area (Å²) in [5.41, 5.74) is 7.67. The number of fused-ring (bicyclic) bond motifs is 5. The molecule has 19 nitrogen and oxygen atoms in total. The first kappa shape index (κ1) is 51.8. The van der Waals surface area contributed by atoms with Gasteiger partial charge in [-0.05, 0) is 81.0 Å². The monoisotopic (exact) mass is 971 g/mol. The summed E-state index contributed by atoms with van der Waals surface area (Å²) in [6.07, 6.45) is 6.78. The van der Waals surface area contributed by atoms with E-state index < -0.39 is 56.7 Å². The number of nitrogens with zero attached hydrogens (tertiary/aromatic N) is 4. The average Bonchev–Trinajstić information content (AvgIpc) is 3.68. The maximum absolute atomic E-state index is 14.9. The molecule has 0 saturated carbocycles. The van der Waals surface area contributed by atoms with E-state index in [1.165, 1.54) is 23.0 Å². The number of hydrogen-bond acceptors (Lipinski definition) is 14. The molecule has 2 unspecified atom stereocenters. The molecule has 368 valence electrons. The van der Waals surface area contributed by atoms with Crippen LogP contribution in [0.1, 0.15) is 106 Å². The van der Waals surface area contributed by atoms with Gasteiger partial charge >= 0.3 is 5.97 Å². The number of cyclic esters (lactones) is 1. The van der Waals surface area contributed by atoms with Crippen LogP contribution in [0.4, 0.5) is 4.39 Å². The van der Waals surface area contributed by atoms with Crippen molar-refractivity contribution in [2.24, 2.45) is 11.7 Å². The van der Waals surface area contributed by atoms with E-state index in [2.05, 4.69) is 43.1 Å². The Balaban J connectivity index is 0.913. The predicted molar refractivity (Wildman–Crippen MR) is 251 cm³/mol. The Labute approximate surface area is 398 Å². The largest absolute Gasteiger partial charge is 0.458 e. The van der Waals surface area contributed by atoms with Crippen LogP contribution in [0.25, 0.3) is 22.3 Å². The van der Waals surface area contributed by atoms with Crippen molar-refractivity contribution >= 4 is 50.3 Å². The normalized spacial score (nSPS) is 15.8. The Kier molecular flexibility index (Phi) is 16.7. The van der Waals surface area contributed by atoms with E-state index in [1.54, 1.807) is 26.0 Å². The van der Waals surface area contributed by atoms with E-state index >= 15 is 0 Å². The number of rotatable bonds is 20. The lowest BCUT2D eigenvalue weighted by molar-refractivity contribution is -0.172. The number of carbonyl (C=O) groups excluding carboxylic acids is 5. The van der Waals surface area contributed by atoms with Crippen LogP contribution in [-0.2, 0) is 63.7 Å². The number of nitrogens with two attached hydrogens (primary N) is 1. The molecule has 4 aromatic rings. The maximum atomic E-state index is 14.9. The van der Waals surface area contributed by atoms with E-state index in [0.29, 0.717) is 84.9 Å². The molecule has 0 spiro atoms. The van der Waals surface area contributed by atoms with Gasteiger partial charge in [-0.15, -0.1) is 0 Å². The highest BCUT2D eigenvalue weighted by molar-refractivity contribution is 7.90. The molecule has 4 amide bonds. The number of hydrogen-bond donors (Lipinski definition) is 6. The number of carbonyl (C=O) groups is 5. The Morgan fingerprint density at radius 3 is 2.41 bits per heavy atom. The first-order chi connectivity index (χ1) is 32.7. The molecule has 2 aliphatic heterocycles. The predicted octanol–water partition coefficient (Wildman–Crippen LogP) is 1.86. The molecule has 6 rings (SSSR count). The fourth-order valence-corrected chi connectivity index (χ4v) is 8.72. The summed E-state index contributed by atoms with van der Waals surface area (Å²) in [5.74, 6) is 2.67. The number of halogens is 1. The number of esters is 1. The van der Waals surface area contributed by atoms with Crippen LogP contribution in [0.5, 0.6) is 0 Å². The SMILES string of the molecule is CC[C@@]1(O)C(=O)OCc2c1cc1n(c2=O)Cc2c-1nc1cc(F)c(C)cc1c2CCCNC(=O)CNC(=O)C(N)CCCCNC(=O)C(NC(=O)CCCC#Cc1cnc(S(C)(=O)=O)nc1)C(C)C. The van der Waals surface area contributed by atoms with Crippen molar-refractivity contribution < 1.29 is 46.6 Å². The number of sulfone groups is 1. The summed E-state index contributed by atoms with van der Waals surface area (Å²) in [5, 5.41) is 22.6.